The van der Waals surface area contributed by atoms with Crippen molar-refractivity contribution in [3.05, 3.63) is 41.5 Å². The number of fused-ring (bicyclic) bond motifs is 2. The van der Waals surface area contributed by atoms with E-state index in [0.29, 0.717) is 28.7 Å². The van der Waals surface area contributed by atoms with Crippen LogP contribution in [-0.2, 0) is 0 Å². The molecule has 2 aliphatic rings. The van der Waals surface area contributed by atoms with E-state index >= 15 is 0 Å². The maximum Gasteiger partial charge on any atom is 0.231 e. The second kappa shape index (κ2) is 6.04. The standard InChI is InChI=1S/C19H20O6/c1-10-17(11-5-4-6-13(21-2)18(11)22-3)12-7-15-16(24-9-23-15)8-14(12)25-19(10)20/h4-8,10,17,19-20H,9H2,1-3H3/t10-,17+,19-/m1/s1. The van der Waals surface area contributed by atoms with Gasteiger partial charge in [-0.25, -0.2) is 0 Å². The Hall–Kier alpha value is -2.60. The molecule has 0 aromatic heterocycles. The van der Waals surface area contributed by atoms with Gasteiger partial charge in [0.05, 0.1) is 14.2 Å². The van der Waals surface area contributed by atoms with Gasteiger partial charge < -0.3 is 28.8 Å². The van der Waals surface area contributed by atoms with E-state index in [1.807, 2.05) is 31.2 Å². The maximum absolute atomic E-state index is 10.4. The fourth-order valence-corrected chi connectivity index (χ4v) is 3.58. The first-order chi connectivity index (χ1) is 12.1. The smallest absolute Gasteiger partial charge is 0.231 e. The van der Waals surface area contributed by atoms with Crippen LogP contribution < -0.4 is 23.7 Å². The molecule has 2 aromatic carbocycles. The molecule has 0 amide bonds. The number of ether oxygens (including phenoxy) is 5. The third kappa shape index (κ3) is 2.44. The van der Waals surface area contributed by atoms with Gasteiger partial charge >= 0.3 is 0 Å². The largest absolute Gasteiger partial charge is 0.493 e. The topological polar surface area (TPSA) is 66.4 Å². The predicted molar refractivity (Wildman–Crippen MR) is 89.8 cm³/mol. The summed E-state index contributed by atoms with van der Waals surface area (Å²) in [4.78, 5) is 0. The number of hydrogen-bond acceptors (Lipinski definition) is 6. The summed E-state index contributed by atoms with van der Waals surface area (Å²) in [5, 5.41) is 10.4. The molecule has 132 valence electrons. The van der Waals surface area contributed by atoms with Crippen molar-refractivity contribution in [1.29, 1.82) is 0 Å². The molecular weight excluding hydrogens is 324 g/mol. The summed E-state index contributed by atoms with van der Waals surface area (Å²) in [5.74, 6) is 2.86. The molecule has 0 saturated carbocycles. The molecule has 6 nitrogen and oxygen atoms in total. The van der Waals surface area contributed by atoms with Crippen LogP contribution in [-0.4, -0.2) is 32.4 Å². The Morgan fingerprint density at radius 3 is 2.48 bits per heavy atom. The van der Waals surface area contributed by atoms with E-state index < -0.39 is 6.29 Å². The monoisotopic (exact) mass is 344 g/mol. The molecule has 2 aromatic rings. The molecule has 2 aliphatic heterocycles. The van der Waals surface area contributed by atoms with Gasteiger partial charge in [-0.1, -0.05) is 19.1 Å². The number of aliphatic hydroxyl groups excluding tert-OH is 1. The van der Waals surface area contributed by atoms with Crippen LogP contribution in [0.3, 0.4) is 0 Å². The minimum absolute atomic E-state index is 0.140. The summed E-state index contributed by atoms with van der Waals surface area (Å²) >= 11 is 0. The summed E-state index contributed by atoms with van der Waals surface area (Å²) in [7, 11) is 3.22. The summed E-state index contributed by atoms with van der Waals surface area (Å²) < 4.78 is 27.7. The van der Waals surface area contributed by atoms with Crippen LogP contribution >= 0.6 is 0 Å². The van der Waals surface area contributed by atoms with Crippen molar-refractivity contribution in [2.24, 2.45) is 5.92 Å². The minimum Gasteiger partial charge on any atom is -0.493 e. The Labute approximate surface area is 145 Å². The Morgan fingerprint density at radius 1 is 1.00 bits per heavy atom. The van der Waals surface area contributed by atoms with Crippen LogP contribution in [0.1, 0.15) is 24.0 Å². The van der Waals surface area contributed by atoms with Crippen LogP contribution in [0.5, 0.6) is 28.7 Å². The Balaban J connectivity index is 1.90. The highest BCUT2D eigenvalue weighted by atomic mass is 16.7. The molecule has 2 heterocycles. The van der Waals surface area contributed by atoms with Gasteiger partial charge in [-0.3, -0.25) is 0 Å². The van der Waals surface area contributed by atoms with Crippen molar-refractivity contribution >= 4 is 0 Å². The first-order valence-electron chi connectivity index (χ1n) is 8.13. The lowest BCUT2D eigenvalue weighted by Gasteiger charge is -2.36. The third-order valence-electron chi connectivity index (χ3n) is 4.83. The first kappa shape index (κ1) is 15.9. The Bertz CT molecular complexity index is 803. The summed E-state index contributed by atoms with van der Waals surface area (Å²) in [6, 6.07) is 9.44. The van der Waals surface area contributed by atoms with Crippen molar-refractivity contribution in [2.75, 3.05) is 21.0 Å². The molecule has 0 spiro atoms. The number of methoxy groups -OCH3 is 2. The highest BCUT2D eigenvalue weighted by molar-refractivity contribution is 5.59. The zero-order valence-corrected chi connectivity index (χ0v) is 14.3. The number of rotatable bonds is 3. The SMILES string of the molecule is COc1cccc([C@H]2c3cc4c(cc3O[C@@H](O)[C@@H]2C)OCO4)c1OC. The van der Waals surface area contributed by atoms with Gasteiger partial charge in [0.2, 0.25) is 13.1 Å². The molecule has 1 N–H and O–H groups in total. The van der Waals surface area contributed by atoms with Crippen molar-refractivity contribution in [3.8, 4) is 28.7 Å². The molecule has 3 atom stereocenters. The minimum atomic E-state index is -0.936. The number of aliphatic hydroxyl groups is 1. The summed E-state index contributed by atoms with van der Waals surface area (Å²) in [5.41, 5.74) is 1.85. The maximum atomic E-state index is 10.4. The summed E-state index contributed by atoms with van der Waals surface area (Å²) in [6.07, 6.45) is -0.936. The van der Waals surface area contributed by atoms with Crippen LogP contribution in [0.15, 0.2) is 30.3 Å². The second-order valence-corrected chi connectivity index (χ2v) is 6.17. The molecule has 0 aliphatic carbocycles. The molecule has 0 fully saturated rings. The highest BCUT2D eigenvalue weighted by Crippen LogP contribution is 2.51. The molecule has 6 heteroatoms. The normalized spacial score (nSPS) is 23.6. The molecule has 25 heavy (non-hydrogen) atoms. The van der Waals surface area contributed by atoms with Crippen molar-refractivity contribution in [2.45, 2.75) is 19.1 Å². The third-order valence-corrected chi connectivity index (χ3v) is 4.83. The molecule has 0 bridgehead atoms. The quantitative estimate of drug-likeness (QED) is 0.923. The summed E-state index contributed by atoms with van der Waals surface area (Å²) in [6.45, 7) is 2.13. The Morgan fingerprint density at radius 2 is 1.76 bits per heavy atom. The number of para-hydroxylation sites is 1. The average molecular weight is 344 g/mol. The van der Waals surface area contributed by atoms with Gasteiger partial charge in [0.25, 0.3) is 0 Å². The van der Waals surface area contributed by atoms with Crippen LogP contribution in [0.2, 0.25) is 0 Å². The van der Waals surface area contributed by atoms with Gasteiger partial charge in [-0.05, 0) is 12.1 Å². The average Bonchev–Trinajstić information content (AvgIpc) is 3.08. The van der Waals surface area contributed by atoms with Crippen molar-refractivity contribution in [3.63, 3.8) is 0 Å². The van der Waals surface area contributed by atoms with Gasteiger partial charge in [0, 0.05) is 29.0 Å². The lowest BCUT2D eigenvalue weighted by atomic mass is 9.78. The van der Waals surface area contributed by atoms with E-state index in [-0.39, 0.29) is 18.6 Å². The van der Waals surface area contributed by atoms with Gasteiger partial charge in [-0.2, -0.15) is 0 Å². The van der Waals surface area contributed by atoms with E-state index in [1.54, 1.807) is 20.3 Å². The van der Waals surface area contributed by atoms with Crippen molar-refractivity contribution < 1.29 is 28.8 Å². The van der Waals surface area contributed by atoms with Crippen LogP contribution in [0.4, 0.5) is 0 Å². The Kier molecular flexibility index (Phi) is 3.84. The fraction of sp³-hybridized carbons (Fsp3) is 0.368. The van der Waals surface area contributed by atoms with E-state index in [4.69, 9.17) is 23.7 Å². The zero-order chi connectivity index (χ0) is 17.6. The van der Waals surface area contributed by atoms with Gasteiger partial charge in [0.15, 0.2) is 23.0 Å². The van der Waals surface area contributed by atoms with Gasteiger partial charge in [-0.15, -0.1) is 0 Å². The molecule has 4 rings (SSSR count). The number of hydrogen-bond donors (Lipinski definition) is 1. The van der Waals surface area contributed by atoms with Crippen LogP contribution in [0, 0.1) is 5.92 Å². The van der Waals surface area contributed by atoms with E-state index in [1.165, 1.54) is 0 Å². The lowest BCUT2D eigenvalue weighted by molar-refractivity contribution is -0.0730. The molecule has 0 radical (unpaired) electrons. The van der Waals surface area contributed by atoms with Crippen molar-refractivity contribution in [1.82, 2.24) is 0 Å². The highest BCUT2D eigenvalue weighted by Gasteiger charge is 2.39. The number of benzene rings is 2. The van der Waals surface area contributed by atoms with E-state index in [0.717, 1.165) is 11.1 Å². The molecular formula is C19H20O6. The molecule has 0 unspecified atom stereocenters. The fourth-order valence-electron chi connectivity index (χ4n) is 3.58. The zero-order valence-electron chi connectivity index (χ0n) is 14.3. The van der Waals surface area contributed by atoms with Crippen LogP contribution in [0.25, 0.3) is 0 Å². The lowest BCUT2D eigenvalue weighted by Crippen LogP contribution is -2.34. The second-order valence-electron chi connectivity index (χ2n) is 6.17. The van der Waals surface area contributed by atoms with E-state index in [2.05, 4.69) is 0 Å². The van der Waals surface area contributed by atoms with E-state index in [9.17, 15) is 5.11 Å². The van der Waals surface area contributed by atoms with Gasteiger partial charge in [0.1, 0.15) is 5.75 Å². The first-order valence-corrected chi connectivity index (χ1v) is 8.13. The predicted octanol–water partition coefficient (Wildman–Crippen LogP) is 2.91. The molecule has 0 saturated heterocycles.